The summed E-state index contributed by atoms with van der Waals surface area (Å²) in [4.78, 5) is 11.4. The van der Waals surface area contributed by atoms with Crippen LogP contribution < -0.4 is 5.73 Å². The molecule has 3 rings (SSSR count). The minimum Gasteiger partial charge on any atom is -0.463 e. The van der Waals surface area contributed by atoms with Crippen molar-refractivity contribution in [3.8, 4) is 0 Å². The summed E-state index contributed by atoms with van der Waals surface area (Å²) in [5, 5.41) is 10.9. The lowest BCUT2D eigenvalue weighted by molar-refractivity contribution is 0.0474. The predicted octanol–water partition coefficient (Wildman–Crippen LogP) is 1.83. The van der Waals surface area contributed by atoms with Crippen LogP contribution in [0.2, 0.25) is 0 Å². The van der Waals surface area contributed by atoms with E-state index in [1.54, 1.807) is 18.2 Å². The lowest BCUT2D eigenvalue weighted by atomic mass is 9.93. The molecule has 0 amide bonds. The zero-order chi connectivity index (χ0) is 14.3. The number of ether oxygens (including phenoxy) is 1. The smallest absolute Gasteiger partial charge is 0.373 e. The number of rotatable bonds is 2. The molecule has 104 valence electrons. The third-order valence-corrected chi connectivity index (χ3v) is 3.73. The van der Waals surface area contributed by atoms with E-state index in [2.05, 4.69) is 4.74 Å². The minimum atomic E-state index is -1.21. The van der Waals surface area contributed by atoms with Crippen molar-refractivity contribution < 1.29 is 19.1 Å². The number of nitrogen functional groups attached to an aromatic ring is 1. The molecule has 1 heterocycles. The van der Waals surface area contributed by atoms with E-state index < -0.39 is 11.6 Å². The summed E-state index contributed by atoms with van der Waals surface area (Å²) in [6.45, 7) is 0. The van der Waals surface area contributed by atoms with Crippen molar-refractivity contribution in [2.45, 2.75) is 18.4 Å². The van der Waals surface area contributed by atoms with Crippen molar-refractivity contribution in [2.75, 3.05) is 12.8 Å². The van der Waals surface area contributed by atoms with Crippen LogP contribution in [0.4, 0.5) is 5.69 Å². The van der Waals surface area contributed by atoms with E-state index in [1.165, 1.54) is 13.2 Å². The average Bonchev–Trinajstić information content (AvgIpc) is 3.04. The predicted molar refractivity (Wildman–Crippen MR) is 72.2 cm³/mol. The van der Waals surface area contributed by atoms with Crippen molar-refractivity contribution in [1.29, 1.82) is 0 Å². The number of aliphatic hydroxyl groups is 1. The van der Waals surface area contributed by atoms with Gasteiger partial charge in [-0.25, -0.2) is 4.79 Å². The van der Waals surface area contributed by atoms with Crippen LogP contribution in [0, 0.1) is 0 Å². The summed E-state index contributed by atoms with van der Waals surface area (Å²) in [5.74, 6) is -0.128. The zero-order valence-electron chi connectivity index (χ0n) is 11.1. The number of aryl methyl sites for hydroxylation is 1. The first kappa shape index (κ1) is 12.7. The number of methoxy groups -OCH3 is 1. The highest BCUT2D eigenvalue weighted by molar-refractivity contribution is 5.86. The number of esters is 1. The maximum absolute atomic E-state index is 11.4. The first-order chi connectivity index (χ1) is 9.54. The van der Waals surface area contributed by atoms with E-state index in [4.69, 9.17) is 10.2 Å². The van der Waals surface area contributed by atoms with Gasteiger partial charge in [0, 0.05) is 5.69 Å². The highest BCUT2D eigenvalue weighted by atomic mass is 16.5. The van der Waals surface area contributed by atoms with E-state index in [-0.39, 0.29) is 5.76 Å². The van der Waals surface area contributed by atoms with Gasteiger partial charge in [0.15, 0.2) is 0 Å². The fourth-order valence-corrected chi connectivity index (χ4v) is 2.70. The molecular weight excluding hydrogens is 258 g/mol. The molecule has 5 heteroatoms. The van der Waals surface area contributed by atoms with E-state index in [1.807, 2.05) is 6.07 Å². The van der Waals surface area contributed by atoms with Crippen molar-refractivity contribution in [2.24, 2.45) is 0 Å². The van der Waals surface area contributed by atoms with Crippen LogP contribution in [0.3, 0.4) is 0 Å². The summed E-state index contributed by atoms with van der Waals surface area (Å²) in [5.41, 5.74) is 6.99. The van der Waals surface area contributed by atoms with Crippen molar-refractivity contribution >= 4 is 11.7 Å². The van der Waals surface area contributed by atoms with Crippen LogP contribution in [0.15, 0.2) is 34.7 Å². The summed E-state index contributed by atoms with van der Waals surface area (Å²) >= 11 is 0. The first-order valence-corrected chi connectivity index (χ1v) is 6.34. The number of carbonyl (C=O) groups is 1. The maximum atomic E-state index is 11.4. The molecule has 0 aliphatic heterocycles. The normalized spacial score (nSPS) is 20.7. The molecule has 1 unspecified atom stereocenters. The number of benzene rings is 1. The second kappa shape index (κ2) is 4.38. The van der Waals surface area contributed by atoms with Crippen molar-refractivity contribution in [1.82, 2.24) is 0 Å². The van der Waals surface area contributed by atoms with Gasteiger partial charge in [-0.15, -0.1) is 0 Å². The Labute approximate surface area is 116 Å². The van der Waals surface area contributed by atoms with Gasteiger partial charge < -0.3 is 20.0 Å². The van der Waals surface area contributed by atoms with Crippen molar-refractivity contribution in [3.05, 3.63) is 53.0 Å². The summed E-state index contributed by atoms with van der Waals surface area (Å²) < 4.78 is 10.1. The largest absolute Gasteiger partial charge is 0.463 e. The number of hydrogen-bond donors (Lipinski definition) is 2. The molecule has 0 spiro atoms. The van der Waals surface area contributed by atoms with Crippen molar-refractivity contribution in [3.63, 3.8) is 0 Å². The molecule has 1 aliphatic rings. The molecule has 3 N–H and O–H groups in total. The quantitative estimate of drug-likeness (QED) is 0.644. The number of fused-ring (bicyclic) bond motifs is 1. The molecule has 20 heavy (non-hydrogen) atoms. The van der Waals surface area contributed by atoms with E-state index in [0.717, 1.165) is 11.1 Å². The minimum absolute atomic E-state index is 0.0832. The van der Waals surface area contributed by atoms with Gasteiger partial charge in [-0.05, 0) is 48.2 Å². The topological polar surface area (TPSA) is 85.7 Å². The van der Waals surface area contributed by atoms with E-state index >= 15 is 0 Å². The SMILES string of the molecule is COC(=O)c1ccc(C2(O)CCc3cc(N)ccc32)o1. The molecule has 2 aromatic rings. The van der Waals surface area contributed by atoms with Gasteiger partial charge in [-0.3, -0.25) is 0 Å². The molecule has 1 atom stereocenters. The second-order valence-electron chi connectivity index (χ2n) is 4.93. The summed E-state index contributed by atoms with van der Waals surface area (Å²) in [6, 6.07) is 8.53. The lowest BCUT2D eigenvalue weighted by Crippen LogP contribution is -2.23. The highest BCUT2D eigenvalue weighted by Gasteiger charge is 2.41. The first-order valence-electron chi connectivity index (χ1n) is 6.34. The highest BCUT2D eigenvalue weighted by Crippen LogP contribution is 2.43. The number of hydrogen-bond acceptors (Lipinski definition) is 5. The number of nitrogens with two attached hydrogens (primary N) is 1. The zero-order valence-corrected chi connectivity index (χ0v) is 11.1. The molecule has 1 aliphatic carbocycles. The third-order valence-electron chi connectivity index (χ3n) is 3.73. The monoisotopic (exact) mass is 273 g/mol. The Kier molecular flexibility index (Phi) is 2.79. The van der Waals surface area contributed by atoms with Gasteiger partial charge in [-0.2, -0.15) is 0 Å². The summed E-state index contributed by atoms with van der Waals surface area (Å²) in [6.07, 6.45) is 1.21. The molecule has 0 radical (unpaired) electrons. The average molecular weight is 273 g/mol. The molecule has 0 saturated carbocycles. The maximum Gasteiger partial charge on any atom is 0.373 e. The Morgan fingerprint density at radius 2 is 2.20 bits per heavy atom. The fourth-order valence-electron chi connectivity index (χ4n) is 2.70. The molecule has 0 fully saturated rings. The molecule has 1 aromatic carbocycles. The van der Waals surface area contributed by atoms with Crippen LogP contribution in [0.25, 0.3) is 0 Å². The second-order valence-corrected chi connectivity index (χ2v) is 4.93. The number of furan rings is 1. The van der Waals surface area contributed by atoms with Crippen LogP contribution >= 0.6 is 0 Å². The number of carbonyl (C=O) groups excluding carboxylic acids is 1. The third kappa shape index (κ3) is 1.78. The fraction of sp³-hybridized carbons (Fsp3) is 0.267. The molecule has 0 saturated heterocycles. The van der Waals surface area contributed by atoms with Crippen LogP contribution in [0.1, 0.15) is 33.9 Å². The van der Waals surface area contributed by atoms with Gasteiger partial charge in [-0.1, -0.05) is 6.07 Å². The van der Waals surface area contributed by atoms with E-state index in [9.17, 15) is 9.90 Å². The van der Waals surface area contributed by atoms with Gasteiger partial charge in [0.05, 0.1) is 7.11 Å². The lowest BCUT2D eigenvalue weighted by Gasteiger charge is -2.21. The Balaban J connectivity index is 2.03. The Morgan fingerprint density at radius 1 is 1.40 bits per heavy atom. The Bertz CT molecular complexity index is 676. The van der Waals surface area contributed by atoms with Crippen LogP contribution in [-0.4, -0.2) is 18.2 Å². The Hall–Kier alpha value is -2.27. The Morgan fingerprint density at radius 3 is 2.95 bits per heavy atom. The van der Waals surface area contributed by atoms with Gasteiger partial charge in [0.2, 0.25) is 5.76 Å². The van der Waals surface area contributed by atoms with Gasteiger partial charge in [0.25, 0.3) is 0 Å². The summed E-state index contributed by atoms with van der Waals surface area (Å²) in [7, 11) is 1.28. The van der Waals surface area contributed by atoms with Crippen LogP contribution in [0.5, 0.6) is 0 Å². The molecular formula is C15H15NO4. The molecule has 1 aromatic heterocycles. The number of anilines is 1. The van der Waals surface area contributed by atoms with Crippen LogP contribution in [-0.2, 0) is 16.8 Å². The molecule has 5 nitrogen and oxygen atoms in total. The van der Waals surface area contributed by atoms with Gasteiger partial charge in [0.1, 0.15) is 11.4 Å². The standard InChI is InChI=1S/C15H15NO4/c1-19-14(17)12-4-5-13(20-12)15(18)7-6-9-8-10(16)2-3-11(9)15/h2-5,8,18H,6-7,16H2,1H3. The van der Waals surface area contributed by atoms with E-state index in [0.29, 0.717) is 24.3 Å². The molecule has 0 bridgehead atoms. The van der Waals surface area contributed by atoms with Gasteiger partial charge >= 0.3 is 5.97 Å².